The molecular formula is C28H32N4O3S. The van der Waals surface area contributed by atoms with Crippen molar-refractivity contribution >= 4 is 40.7 Å². The van der Waals surface area contributed by atoms with Gasteiger partial charge in [0, 0.05) is 32.4 Å². The van der Waals surface area contributed by atoms with E-state index in [0.717, 1.165) is 59.4 Å². The van der Waals surface area contributed by atoms with E-state index < -0.39 is 0 Å². The summed E-state index contributed by atoms with van der Waals surface area (Å²) in [5.74, 6) is 0.508. The first kappa shape index (κ1) is 24.6. The molecule has 0 atom stereocenters. The predicted molar refractivity (Wildman–Crippen MR) is 145 cm³/mol. The molecule has 0 spiro atoms. The van der Waals surface area contributed by atoms with E-state index in [-0.39, 0.29) is 5.97 Å². The minimum Gasteiger partial charge on any atom is -0.465 e. The highest BCUT2D eigenvalue weighted by Gasteiger charge is 2.20. The van der Waals surface area contributed by atoms with E-state index in [1.807, 2.05) is 30.3 Å². The number of hydrogen-bond donors (Lipinski definition) is 1. The maximum Gasteiger partial charge on any atom is 0.337 e. The highest BCUT2D eigenvalue weighted by atomic mass is 32.1. The van der Waals surface area contributed by atoms with Gasteiger partial charge in [0.25, 0.3) is 0 Å². The second-order valence-corrected chi connectivity index (χ2v) is 9.62. The van der Waals surface area contributed by atoms with Gasteiger partial charge in [0.1, 0.15) is 5.82 Å². The lowest BCUT2D eigenvalue weighted by molar-refractivity contribution is 0.0601. The largest absolute Gasteiger partial charge is 0.465 e. The smallest absolute Gasteiger partial charge is 0.337 e. The van der Waals surface area contributed by atoms with Gasteiger partial charge in [-0.15, -0.1) is 12.6 Å². The summed E-state index contributed by atoms with van der Waals surface area (Å²) >= 11 is 4.68. The summed E-state index contributed by atoms with van der Waals surface area (Å²) in [4.78, 5) is 22.0. The summed E-state index contributed by atoms with van der Waals surface area (Å²) in [6.45, 7) is 2.23. The summed E-state index contributed by atoms with van der Waals surface area (Å²) in [6.07, 6.45) is 9.11. The van der Waals surface area contributed by atoms with Crippen LogP contribution in [0.3, 0.4) is 0 Å². The summed E-state index contributed by atoms with van der Waals surface area (Å²) in [6, 6.07) is 11.7. The molecule has 0 radical (unpaired) electrons. The molecule has 0 N–H and O–H groups in total. The molecule has 7 nitrogen and oxygen atoms in total. The van der Waals surface area contributed by atoms with Gasteiger partial charge in [-0.25, -0.2) is 14.8 Å². The topological polar surface area (TPSA) is 71.2 Å². The van der Waals surface area contributed by atoms with Gasteiger partial charge in [-0.3, -0.25) is 0 Å². The Morgan fingerprint density at radius 3 is 2.72 bits per heavy atom. The molecule has 5 rings (SSSR count). The SMILES string of the molecule is COCCCn1c(S)nc2cccc(-c3nc4cc(C(=O)OC)ccc4n3CCC3=CCCCC3)c21. The van der Waals surface area contributed by atoms with Gasteiger partial charge in [-0.2, -0.15) is 0 Å². The van der Waals surface area contributed by atoms with Crippen LogP contribution in [-0.4, -0.2) is 45.9 Å². The number of methoxy groups -OCH3 is 2. The minimum absolute atomic E-state index is 0.363. The van der Waals surface area contributed by atoms with Crippen LogP contribution in [0.1, 0.15) is 48.9 Å². The van der Waals surface area contributed by atoms with Gasteiger partial charge in [-0.1, -0.05) is 17.7 Å². The molecule has 8 heteroatoms. The first-order chi connectivity index (χ1) is 17.6. The van der Waals surface area contributed by atoms with Crippen LogP contribution in [0.5, 0.6) is 0 Å². The molecule has 0 fully saturated rings. The molecule has 0 saturated heterocycles. The molecule has 1 aliphatic rings. The Hall–Kier alpha value is -3.10. The van der Waals surface area contributed by atoms with Gasteiger partial charge in [0.2, 0.25) is 0 Å². The number of carbonyl (C=O) groups is 1. The van der Waals surface area contributed by atoms with E-state index in [4.69, 9.17) is 19.4 Å². The van der Waals surface area contributed by atoms with Crippen LogP contribution in [0.15, 0.2) is 53.2 Å². The van der Waals surface area contributed by atoms with Crippen LogP contribution in [0.2, 0.25) is 0 Å². The average molecular weight is 505 g/mol. The van der Waals surface area contributed by atoms with Crippen molar-refractivity contribution in [2.45, 2.75) is 56.8 Å². The summed E-state index contributed by atoms with van der Waals surface area (Å²) in [7, 11) is 3.11. The molecule has 0 unspecified atom stereocenters. The van der Waals surface area contributed by atoms with Crippen LogP contribution in [0, 0.1) is 0 Å². The number of ether oxygens (including phenoxy) is 2. The molecule has 2 aromatic heterocycles. The number of imidazole rings is 2. The average Bonchev–Trinajstić information content (AvgIpc) is 3.44. The van der Waals surface area contributed by atoms with Crippen LogP contribution in [-0.2, 0) is 22.6 Å². The van der Waals surface area contributed by atoms with Crippen molar-refractivity contribution in [3.05, 3.63) is 53.6 Å². The second kappa shape index (κ2) is 10.9. The predicted octanol–water partition coefficient (Wildman–Crippen LogP) is 6.06. The van der Waals surface area contributed by atoms with Crippen molar-refractivity contribution in [3.63, 3.8) is 0 Å². The number of benzene rings is 2. The molecule has 1 aliphatic carbocycles. The number of thiol groups is 1. The normalized spacial score (nSPS) is 13.9. The minimum atomic E-state index is -0.363. The van der Waals surface area contributed by atoms with Crippen molar-refractivity contribution in [3.8, 4) is 11.4 Å². The van der Waals surface area contributed by atoms with E-state index in [9.17, 15) is 4.79 Å². The Balaban J connectivity index is 1.65. The molecule has 0 saturated carbocycles. The summed E-state index contributed by atoms with van der Waals surface area (Å²) in [5, 5.41) is 0.677. The lowest BCUT2D eigenvalue weighted by atomic mass is 9.97. The first-order valence-corrected chi connectivity index (χ1v) is 13.0. The van der Waals surface area contributed by atoms with E-state index in [1.165, 1.54) is 38.4 Å². The molecular weight excluding hydrogens is 472 g/mol. The van der Waals surface area contributed by atoms with Crippen LogP contribution in [0.4, 0.5) is 0 Å². The summed E-state index contributed by atoms with van der Waals surface area (Å²) < 4.78 is 14.6. The number of hydrogen-bond acceptors (Lipinski definition) is 6. The molecule has 0 aliphatic heterocycles. The Morgan fingerprint density at radius 2 is 1.94 bits per heavy atom. The fourth-order valence-electron chi connectivity index (χ4n) is 5.13. The maximum atomic E-state index is 12.2. The molecule has 0 amide bonds. The van der Waals surface area contributed by atoms with Crippen LogP contribution in [0.25, 0.3) is 33.5 Å². The quantitative estimate of drug-likeness (QED) is 0.130. The molecule has 0 bridgehead atoms. The number of carbonyl (C=O) groups excluding carboxylic acids is 1. The third-order valence-corrected chi connectivity index (χ3v) is 7.27. The third-order valence-electron chi connectivity index (χ3n) is 6.93. The van der Waals surface area contributed by atoms with Gasteiger partial charge in [0.05, 0.1) is 34.7 Å². The Labute approximate surface area is 216 Å². The Morgan fingerprint density at radius 1 is 1.06 bits per heavy atom. The lowest BCUT2D eigenvalue weighted by Crippen LogP contribution is -2.06. The third kappa shape index (κ3) is 4.80. The van der Waals surface area contributed by atoms with Crippen molar-refractivity contribution < 1.29 is 14.3 Å². The number of allylic oxidation sites excluding steroid dienone is 2. The monoisotopic (exact) mass is 504 g/mol. The van der Waals surface area contributed by atoms with E-state index in [2.05, 4.69) is 33.9 Å². The second-order valence-electron chi connectivity index (χ2n) is 9.22. The Kier molecular flexibility index (Phi) is 7.43. The van der Waals surface area contributed by atoms with Crippen molar-refractivity contribution in [2.75, 3.05) is 20.8 Å². The van der Waals surface area contributed by atoms with Crippen LogP contribution < -0.4 is 0 Å². The molecule has 188 valence electrons. The number of rotatable bonds is 9. The van der Waals surface area contributed by atoms with Crippen molar-refractivity contribution in [2.24, 2.45) is 0 Å². The fourth-order valence-corrected chi connectivity index (χ4v) is 5.43. The number of esters is 1. The number of nitrogens with zero attached hydrogens (tertiary/aromatic N) is 4. The van der Waals surface area contributed by atoms with E-state index >= 15 is 0 Å². The molecule has 2 heterocycles. The maximum absolute atomic E-state index is 12.2. The number of aryl methyl sites for hydroxylation is 2. The number of fused-ring (bicyclic) bond motifs is 2. The Bertz CT molecular complexity index is 1440. The number of para-hydroxylation sites is 1. The standard InChI is InChI=1S/C28H32N4O3S/c1-34-17-7-15-32-25-21(10-6-11-22(25)30-28(32)36)26-29-23-18-20(27(33)35-2)12-13-24(23)31(26)16-14-19-8-4-3-5-9-19/h6,8,10-13,18H,3-5,7,9,14-17H2,1-2H3,(H,30,36). The first-order valence-electron chi connectivity index (χ1n) is 12.5. The molecule has 36 heavy (non-hydrogen) atoms. The zero-order chi connectivity index (χ0) is 25.1. The van der Waals surface area contributed by atoms with Crippen LogP contribution >= 0.6 is 12.6 Å². The highest BCUT2D eigenvalue weighted by molar-refractivity contribution is 7.80. The molecule has 4 aromatic rings. The lowest BCUT2D eigenvalue weighted by Gasteiger charge is -2.16. The van der Waals surface area contributed by atoms with Crippen molar-refractivity contribution in [1.29, 1.82) is 0 Å². The summed E-state index contributed by atoms with van der Waals surface area (Å²) in [5.41, 5.74) is 6.70. The van der Waals surface area contributed by atoms with Crippen molar-refractivity contribution in [1.82, 2.24) is 19.1 Å². The number of aromatic nitrogens is 4. The van der Waals surface area contributed by atoms with Gasteiger partial charge >= 0.3 is 5.97 Å². The van der Waals surface area contributed by atoms with Gasteiger partial charge < -0.3 is 18.6 Å². The van der Waals surface area contributed by atoms with Gasteiger partial charge in [0.15, 0.2) is 5.16 Å². The van der Waals surface area contributed by atoms with E-state index in [1.54, 1.807) is 7.11 Å². The zero-order valence-corrected chi connectivity index (χ0v) is 21.8. The zero-order valence-electron chi connectivity index (χ0n) is 20.9. The van der Waals surface area contributed by atoms with Gasteiger partial charge in [-0.05, 0) is 68.9 Å². The molecule has 2 aromatic carbocycles. The highest BCUT2D eigenvalue weighted by Crippen LogP contribution is 2.34. The van der Waals surface area contributed by atoms with E-state index in [0.29, 0.717) is 17.3 Å². The fraction of sp³-hybridized carbons (Fsp3) is 0.393.